The van der Waals surface area contributed by atoms with E-state index in [-0.39, 0.29) is 0 Å². The number of anilines is 1. The predicted molar refractivity (Wildman–Crippen MR) is 76.1 cm³/mol. The summed E-state index contributed by atoms with van der Waals surface area (Å²) in [4.78, 5) is 0. The lowest BCUT2D eigenvalue weighted by Gasteiger charge is -2.19. The standard InChI is InChI=1S/C14H22BrN/c1-5-11-10-12(15)6-7-13(11)16-9-8-14(2,3)4/h6-7,10,16H,5,8-9H2,1-4H3. The number of aryl methyl sites for hydroxylation is 1. The molecule has 0 aromatic heterocycles. The Morgan fingerprint density at radius 3 is 2.50 bits per heavy atom. The molecule has 0 aliphatic heterocycles. The van der Waals surface area contributed by atoms with Crippen LogP contribution in [0.3, 0.4) is 0 Å². The Balaban J connectivity index is 2.60. The van der Waals surface area contributed by atoms with Crippen LogP contribution in [0.15, 0.2) is 22.7 Å². The van der Waals surface area contributed by atoms with Crippen LogP contribution < -0.4 is 5.32 Å². The molecule has 1 N–H and O–H groups in total. The number of hydrogen-bond donors (Lipinski definition) is 1. The minimum absolute atomic E-state index is 0.398. The van der Waals surface area contributed by atoms with E-state index in [0.29, 0.717) is 5.41 Å². The number of nitrogens with one attached hydrogen (secondary N) is 1. The average molecular weight is 284 g/mol. The van der Waals surface area contributed by atoms with E-state index in [2.05, 4.69) is 67.1 Å². The lowest BCUT2D eigenvalue weighted by molar-refractivity contribution is 0.390. The molecule has 0 atom stereocenters. The summed E-state index contributed by atoms with van der Waals surface area (Å²) in [5, 5.41) is 3.53. The van der Waals surface area contributed by atoms with E-state index in [1.54, 1.807) is 0 Å². The molecule has 16 heavy (non-hydrogen) atoms. The predicted octanol–water partition coefficient (Wildman–Crippen LogP) is 4.86. The quantitative estimate of drug-likeness (QED) is 0.832. The molecule has 0 saturated heterocycles. The molecule has 0 amide bonds. The summed E-state index contributed by atoms with van der Waals surface area (Å²) < 4.78 is 1.16. The van der Waals surface area contributed by atoms with Crippen molar-refractivity contribution in [1.82, 2.24) is 0 Å². The first-order valence-corrected chi connectivity index (χ1v) is 6.74. The molecule has 90 valence electrons. The van der Waals surface area contributed by atoms with Gasteiger partial charge in [-0.15, -0.1) is 0 Å². The summed E-state index contributed by atoms with van der Waals surface area (Å²) >= 11 is 3.51. The minimum atomic E-state index is 0.398. The fourth-order valence-corrected chi connectivity index (χ4v) is 2.01. The Bertz CT molecular complexity index is 339. The summed E-state index contributed by atoms with van der Waals surface area (Å²) in [6, 6.07) is 6.45. The topological polar surface area (TPSA) is 12.0 Å². The van der Waals surface area contributed by atoms with Crippen LogP contribution in [0.2, 0.25) is 0 Å². The van der Waals surface area contributed by atoms with Gasteiger partial charge in [-0.2, -0.15) is 0 Å². The smallest absolute Gasteiger partial charge is 0.0373 e. The van der Waals surface area contributed by atoms with Crippen LogP contribution in [-0.4, -0.2) is 6.54 Å². The summed E-state index contributed by atoms with van der Waals surface area (Å²) in [5.41, 5.74) is 3.05. The summed E-state index contributed by atoms with van der Waals surface area (Å²) in [6.45, 7) is 10.1. The van der Waals surface area contributed by atoms with Gasteiger partial charge < -0.3 is 5.32 Å². The second kappa shape index (κ2) is 5.72. The average Bonchev–Trinajstić information content (AvgIpc) is 2.18. The highest BCUT2D eigenvalue weighted by Gasteiger charge is 2.09. The van der Waals surface area contributed by atoms with Gasteiger partial charge in [-0.25, -0.2) is 0 Å². The van der Waals surface area contributed by atoms with Crippen LogP contribution >= 0.6 is 15.9 Å². The first kappa shape index (κ1) is 13.6. The van der Waals surface area contributed by atoms with Gasteiger partial charge in [0.2, 0.25) is 0 Å². The number of halogens is 1. The highest BCUT2D eigenvalue weighted by Crippen LogP contribution is 2.23. The van der Waals surface area contributed by atoms with Crippen LogP contribution in [-0.2, 0) is 6.42 Å². The Labute approximate surface area is 108 Å². The second-order valence-corrected chi connectivity index (χ2v) is 6.31. The van der Waals surface area contributed by atoms with Gasteiger partial charge in [-0.3, -0.25) is 0 Å². The van der Waals surface area contributed by atoms with Gasteiger partial charge in [-0.1, -0.05) is 43.6 Å². The Morgan fingerprint density at radius 2 is 1.94 bits per heavy atom. The normalized spacial score (nSPS) is 11.6. The van der Waals surface area contributed by atoms with Crippen molar-refractivity contribution in [2.45, 2.75) is 40.5 Å². The molecule has 1 aromatic rings. The van der Waals surface area contributed by atoms with E-state index >= 15 is 0 Å². The molecule has 0 aliphatic carbocycles. The zero-order valence-electron chi connectivity index (χ0n) is 10.7. The van der Waals surface area contributed by atoms with E-state index < -0.39 is 0 Å². The lowest BCUT2D eigenvalue weighted by Crippen LogP contribution is -2.13. The molecular formula is C14H22BrN. The fraction of sp³-hybridized carbons (Fsp3) is 0.571. The maximum absolute atomic E-state index is 3.53. The third-order valence-electron chi connectivity index (χ3n) is 2.64. The van der Waals surface area contributed by atoms with Gasteiger partial charge in [0, 0.05) is 16.7 Å². The van der Waals surface area contributed by atoms with Crippen LogP contribution in [0, 0.1) is 5.41 Å². The zero-order valence-corrected chi connectivity index (χ0v) is 12.3. The van der Waals surface area contributed by atoms with Crippen LogP contribution in [0.5, 0.6) is 0 Å². The van der Waals surface area contributed by atoms with Crippen molar-refractivity contribution in [3.8, 4) is 0 Å². The van der Waals surface area contributed by atoms with Gasteiger partial charge >= 0.3 is 0 Å². The molecule has 1 aromatic carbocycles. The fourth-order valence-electron chi connectivity index (χ4n) is 1.60. The first-order chi connectivity index (χ1) is 7.42. The molecule has 2 heteroatoms. The molecule has 0 unspecified atom stereocenters. The zero-order chi connectivity index (χ0) is 12.2. The molecule has 0 spiro atoms. The number of rotatable bonds is 4. The summed E-state index contributed by atoms with van der Waals surface area (Å²) in [6.07, 6.45) is 2.25. The summed E-state index contributed by atoms with van der Waals surface area (Å²) in [7, 11) is 0. The van der Waals surface area contributed by atoms with Crippen LogP contribution in [0.1, 0.15) is 39.7 Å². The monoisotopic (exact) mass is 283 g/mol. The molecule has 1 rings (SSSR count). The molecule has 0 saturated carbocycles. The maximum atomic E-state index is 3.53. The van der Waals surface area contributed by atoms with Crippen LogP contribution in [0.25, 0.3) is 0 Å². The molecule has 0 heterocycles. The van der Waals surface area contributed by atoms with Crippen molar-refractivity contribution < 1.29 is 0 Å². The number of hydrogen-bond acceptors (Lipinski definition) is 1. The molecule has 0 radical (unpaired) electrons. The van der Waals surface area contributed by atoms with Crippen LogP contribution in [0.4, 0.5) is 5.69 Å². The highest BCUT2D eigenvalue weighted by atomic mass is 79.9. The minimum Gasteiger partial charge on any atom is -0.385 e. The van der Waals surface area contributed by atoms with Crippen molar-refractivity contribution in [1.29, 1.82) is 0 Å². The third-order valence-corrected chi connectivity index (χ3v) is 3.13. The van der Waals surface area contributed by atoms with E-state index in [4.69, 9.17) is 0 Å². The van der Waals surface area contributed by atoms with Crippen molar-refractivity contribution >= 4 is 21.6 Å². The van der Waals surface area contributed by atoms with Crippen molar-refractivity contribution in [3.63, 3.8) is 0 Å². The lowest BCUT2D eigenvalue weighted by atomic mass is 9.92. The molecular weight excluding hydrogens is 262 g/mol. The maximum Gasteiger partial charge on any atom is 0.0373 e. The van der Waals surface area contributed by atoms with Crippen molar-refractivity contribution in [2.75, 3.05) is 11.9 Å². The Morgan fingerprint density at radius 1 is 1.25 bits per heavy atom. The molecule has 1 nitrogen and oxygen atoms in total. The molecule has 0 aliphatic rings. The van der Waals surface area contributed by atoms with E-state index in [1.165, 1.54) is 17.7 Å². The molecule has 0 bridgehead atoms. The van der Waals surface area contributed by atoms with E-state index in [9.17, 15) is 0 Å². The van der Waals surface area contributed by atoms with Crippen molar-refractivity contribution in [3.05, 3.63) is 28.2 Å². The highest BCUT2D eigenvalue weighted by molar-refractivity contribution is 9.10. The van der Waals surface area contributed by atoms with Crippen molar-refractivity contribution in [2.24, 2.45) is 5.41 Å². The summed E-state index contributed by atoms with van der Waals surface area (Å²) in [5.74, 6) is 0. The van der Waals surface area contributed by atoms with E-state index in [0.717, 1.165) is 17.4 Å². The van der Waals surface area contributed by atoms with Gasteiger partial charge in [0.05, 0.1) is 0 Å². The Hall–Kier alpha value is -0.500. The second-order valence-electron chi connectivity index (χ2n) is 5.39. The SMILES string of the molecule is CCc1cc(Br)ccc1NCCC(C)(C)C. The largest absolute Gasteiger partial charge is 0.385 e. The first-order valence-electron chi connectivity index (χ1n) is 5.94. The molecule has 0 fully saturated rings. The van der Waals surface area contributed by atoms with Gasteiger partial charge in [-0.05, 0) is 42.0 Å². The van der Waals surface area contributed by atoms with Gasteiger partial charge in [0.25, 0.3) is 0 Å². The third kappa shape index (κ3) is 4.56. The number of benzene rings is 1. The van der Waals surface area contributed by atoms with E-state index in [1.807, 2.05) is 0 Å². The van der Waals surface area contributed by atoms with Gasteiger partial charge in [0.15, 0.2) is 0 Å². The van der Waals surface area contributed by atoms with Gasteiger partial charge in [0.1, 0.15) is 0 Å². The Kier molecular flexibility index (Phi) is 4.85.